The number of imide groups is 1. The van der Waals surface area contributed by atoms with Crippen LogP contribution in [-0.4, -0.2) is 25.9 Å². The van der Waals surface area contributed by atoms with Gasteiger partial charge in [0.1, 0.15) is 15.8 Å². The largest absolute Gasteiger partial charge is 0.274 e. The van der Waals surface area contributed by atoms with Gasteiger partial charge < -0.3 is 0 Å². The molecule has 1 saturated heterocycles. The SMILES string of the molecule is N#Cc1ccccc1N1C(=O)C2[C@@H](C1=O)[C@@]1(Cl)C(Cl)=C(Cl)C2(Cl)C1(Cl)Cl. The Morgan fingerprint density at radius 1 is 0.923 bits per heavy atom. The summed E-state index contributed by atoms with van der Waals surface area (Å²) in [5.41, 5.74) is 0.267. The van der Waals surface area contributed by atoms with Gasteiger partial charge in [-0.1, -0.05) is 58.5 Å². The van der Waals surface area contributed by atoms with E-state index in [0.717, 1.165) is 4.90 Å². The molecular weight excluding hydrogens is 465 g/mol. The molecule has 0 N–H and O–H groups in total. The average Bonchev–Trinajstić information content (AvgIpc) is 2.99. The minimum absolute atomic E-state index is 0.126. The van der Waals surface area contributed by atoms with Crippen LogP contribution in [0.25, 0.3) is 0 Å². The number of para-hydroxylation sites is 1. The molecule has 2 amide bonds. The van der Waals surface area contributed by atoms with Crippen molar-refractivity contribution in [1.29, 1.82) is 5.26 Å². The van der Waals surface area contributed by atoms with Gasteiger partial charge in [-0.25, -0.2) is 4.90 Å². The summed E-state index contributed by atoms with van der Waals surface area (Å²) in [7, 11) is 0. The molecule has 0 radical (unpaired) electrons. The van der Waals surface area contributed by atoms with Crippen molar-refractivity contribution >= 4 is 87.1 Å². The molecule has 2 bridgehead atoms. The summed E-state index contributed by atoms with van der Waals surface area (Å²) < 4.78 is -1.97. The molecule has 4 atom stereocenters. The molecule has 1 saturated carbocycles. The molecule has 134 valence electrons. The molecule has 2 fully saturated rings. The molecule has 0 aromatic heterocycles. The zero-order valence-electron chi connectivity index (χ0n) is 12.4. The van der Waals surface area contributed by atoms with Gasteiger partial charge in [0.15, 0.2) is 4.33 Å². The highest BCUT2D eigenvalue weighted by atomic mass is 35.5. The monoisotopic (exact) mass is 468 g/mol. The van der Waals surface area contributed by atoms with Gasteiger partial charge in [0.2, 0.25) is 11.8 Å². The first kappa shape index (κ1) is 18.7. The van der Waals surface area contributed by atoms with Crippen LogP contribution in [0.3, 0.4) is 0 Å². The molecule has 1 heterocycles. The number of halogens is 6. The Balaban J connectivity index is 1.94. The van der Waals surface area contributed by atoms with E-state index in [-0.39, 0.29) is 21.3 Å². The molecule has 2 aliphatic carbocycles. The number of nitriles is 1. The van der Waals surface area contributed by atoms with E-state index >= 15 is 0 Å². The molecule has 10 heteroatoms. The van der Waals surface area contributed by atoms with Crippen LogP contribution >= 0.6 is 69.6 Å². The van der Waals surface area contributed by atoms with Crippen LogP contribution in [0.15, 0.2) is 34.3 Å². The van der Waals surface area contributed by atoms with Crippen molar-refractivity contribution < 1.29 is 9.59 Å². The predicted molar refractivity (Wildman–Crippen MR) is 101 cm³/mol. The maximum atomic E-state index is 13.2. The van der Waals surface area contributed by atoms with Crippen molar-refractivity contribution in [1.82, 2.24) is 0 Å². The van der Waals surface area contributed by atoms with Crippen molar-refractivity contribution in [2.45, 2.75) is 14.1 Å². The second kappa shape index (κ2) is 5.44. The molecule has 3 aliphatic rings. The Labute approximate surface area is 178 Å². The van der Waals surface area contributed by atoms with Crippen molar-refractivity contribution in [3.8, 4) is 6.07 Å². The third kappa shape index (κ3) is 1.72. The van der Waals surface area contributed by atoms with Gasteiger partial charge in [-0.05, 0) is 12.1 Å². The summed E-state index contributed by atoms with van der Waals surface area (Å²) in [6.45, 7) is 0. The van der Waals surface area contributed by atoms with E-state index in [2.05, 4.69) is 0 Å². The summed E-state index contributed by atoms with van der Waals surface area (Å²) in [5, 5.41) is 8.99. The van der Waals surface area contributed by atoms with Crippen molar-refractivity contribution in [2.75, 3.05) is 4.90 Å². The predicted octanol–water partition coefficient (Wildman–Crippen LogP) is 4.51. The number of carbonyl (C=O) groups is 2. The lowest BCUT2D eigenvalue weighted by atomic mass is 9.84. The number of anilines is 1. The number of benzene rings is 1. The molecule has 4 rings (SSSR count). The van der Waals surface area contributed by atoms with Crippen LogP contribution in [0.2, 0.25) is 0 Å². The van der Waals surface area contributed by atoms with Gasteiger partial charge in [0.25, 0.3) is 0 Å². The van der Waals surface area contributed by atoms with Crippen LogP contribution in [0.5, 0.6) is 0 Å². The first-order valence-electron chi connectivity index (χ1n) is 7.25. The molecule has 26 heavy (non-hydrogen) atoms. The maximum Gasteiger partial charge on any atom is 0.240 e. The van der Waals surface area contributed by atoms with Crippen LogP contribution in [0.1, 0.15) is 5.56 Å². The number of amides is 2. The standard InChI is InChI=1S/C16H6Cl6N2O2/c17-10-11(18)15(20)9-8(14(10,19)16(15,21)22)12(25)24(13(9)26)7-4-2-1-3-6(7)5-23/h1-4,8-9H/t8-,9?,14+,15?/m0/s1. The van der Waals surface area contributed by atoms with E-state index in [1.165, 1.54) is 12.1 Å². The van der Waals surface area contributed by atoms with Gasteiger partial charge in [-0.2, -0.15) is 5.26 Å². The van der Waals surface area contributed by atoms with Gasteiger partial charge in [0, 0.05) is 0 Å². The van der Waals surface area contributed by atoms with Crippen molar-refractivity contribution in [2.24, 2.45) is 11.8 Å². The molecule has 1 aromatic rings. The lowest BCUT2D eigenvalue weighted by Crippen LogP contribution is -2.50. The van der Waals surface area contributed by atoms with E-state index in [4.69, 9.17) is 69.6 Å². The molecular formula is C16H6Cl6N2O2. The van der Waals surface area contributed by atoms with Crippen LogP contribution in [0.4, 0.5) is 5.69 Å². The lowest BCUT2D eigenvalue weighted by molar-refractivity contribution is -0.123. The van der Waals surface area contributed by atoms with Crippen LogP contribution in [-0.2, 0) is 9.59 Å². The highest BCUT2D eigenvalue weighted by Gasteiger charge is 2.87. The number of hydrogen-bond donors (Lipinski definition) is 0. The van der Waals surface area contributed by atoms with E-state index < -0.39 is 37.7 Å². The van der Waals surface area contributed by atoms with Crippen LogP contribution in [0, 0.1) is 23.2 Å². The molecule has 1 aliphatic heterocycles. The second-order valence-electron chi connectivity index (χ2n) is 6.22. The molecule has 0 spiro atoms. The maximum absolute atomic E-state index is 13.2. The highest BCUT2D eigenvalue weighted by Crippen LogP contribution is 2.77. The molecule has 2 unspecified atom stereocenters. The first-order valence-corrected chi connectivity index (χ1v) is 9.52. The normalized spacial score (nSPS) is 37.3. The Morgan fingerprint density at radius 3 is 1.85 bits per heavy atom. The summed E-state index contributed by atoms with van der Waals surface area (Å²) in [6, 6.07) is 8.11. The Morgan fingerprint density at radius 2 is 1.38 bits per heavy atom. The second-order valence-corrected chi connectivity index (χ2v) is 9.50. The van der Waals surface area contributed by atoms with E-state index in [1.54, 1.807) is 12.1 Å². The Bertz CT molecular complexity index is 924. The quantitative estimate of drug-likeness (QED) is 0.448. The number of nitrogens with zero attached hydrogens (tertiary/aromatic N) is 2. The van der Waals surface area contributed by atoms with Gasteiger partial charge in [0.05, 0.1) is 33.2 Å². The number of allylic oxidation sites excluding steroid dienone is 2. The van der Waals surface area contributed by atoms with Gasteiger partial charge in [-0.15, -0.1) is 23.2 Å². The molecule has 4 nitrogen and oxygen atoms in total. The van der Waals surface area contributed by atoms with Gasteiger partial charge >= 0.3 is 0 Å². The fraction of sp³-hybridized carbons (Fsp3) is 0.312. The smallest absolute Gasteiger partial charge is 0.240 e. The van der Waals surface area contributed by atoms with Crippen molar-refractivity contribution in [3.63, 3.8) is 0 Å². The third-order valence-electron chi connectivity index (χ3n) is 5.17. The summed E-state index contributed by atoms with van der Waals surface area (Å²) in [6.07, 6.45) is 0. The number of rotatable bonds is 1. The van der Waals surface area contributed by atoms with E-state index in [9.17, 15) is 14.9 Å². The summed E-state index contributed by atoms with van der Waals surface area (Å²) in [4.78, 5) is 23.5. The third-order valence-corrected chi connectivity index (χ3v) is 9.43. The number of carbonyl (C=O) groups excluding carboxylic acids is 2. The highest BCUT2D eigenvalue weighted by molar-refractivity contribution is 6.67. The topological polar surface area (TPSA) is 61.2 Å². The van der Waals surface area contributed by atoms with E-state index in [0.29, 0.717) is 0 Å². The van der Waals surface area contributed by atoms with E-state index in [1.807, 2.05) is 6.07 Å². The Hall–Kier alpha value is -0.670. The number of fused-ring (bicyclic) bond motifs is 5. The zero-order chi connectivity index (χ0) is 19.2. The van der Waals surface area contributed by atoms with Gasteiger partial charge in [-0.3, -0.25) is 9.59 Å². The summed E-state index contributed by atoms with van der Waals surface area (Å²) >= 11 is 38.5. The Kier molecular flexibility index (Phi) is 3.91. The minimum atomic E-state index is -1.97. The number of alkyl halides is 4. The van der Waals surface area contributed by atoms with Crippen LogP contribution < -0.4 is 4.90 Å². The fourth-order valence-electron chi connectivity index (χ4n) is 4.00. The van der Waals surface area contributed by atoms with Crippen molar-refractivity contribution in [3.05, 3.63) is 39.9 Å². The zero-order valence-corrected chi connectivity index (χ0v) is 17.0. The average molecular weight is 471 g/mol. The minimum Gasteiger partial charge on any atom is -0.274 e. The molecule has 1 aromatic carbocycles. The number of hydrogen-bond acceptors (Lipinski definition) is 3. The first-order chi connectivity index (χ1) is 12.1. The summed E-state index contributed by atoms with van der Waals surface area (Å²) in [5.74, 6) is -3.81. The fourth-order valence-corrected chi connectivity index (χ4v) is 6.92. The lowest BCUT2D eigenvalue weighted by Gasteiger charge is -2.34.